The predicted molar refractivity (Wildman–Crippen MR) is 71.6 cm³/mol. The maximum atomic E-state index is 11.8. The molecule has 3 heteroatoms. The summed E-state index contributed by atoms with van der Waals surface area (Å²) in [7, 11) is 1.59. The standard InChI is InChI=1S/C15H22O3/c1-15(2,3)14(17)9-8-13(16)11-6-5-7-12(10-11)18-4/h5-7,10,13,16H,8-9H2,1-4H3. The minimum absolute atomic E-state index is 0.171. The first-order valence-electron chi connectivity index (χ1n) is 6.20. The van der Waals surface area contributed by atoms with Crippen LogP contribution in [0.1, 0.15) is 45.3 Å². The van der Waals surface area contributed by atoms with E-state index in [4.69, 9.17) is 4.74 Å². The number of benzene rings is 1. The SMILES string of the molecule is COc1cccc(C(O)CCC(=O)C(C)(C)C)c1. The van der Waals surface area contributed by atoms with Gasteiger partial charge >= 0.3 is 0 Å². The van der Waals surface area contributed by atoms with Crippen LogP contribution in [0.5, 0.6) is 5.75 Å². The van der Waals surface area contributed by atoms with Gasteiger partial charge in [-0.2, -0.15) is 0 Å². The number of Topliss-reactive ketones (excluding diaryl/α,β-unsaturated/α-hetero) is 1. The Bertz CT molecular complexity index is 404. The summed E-state index contributed by atoms with van der Waals surface area (Å²) in [5.74, 6) is 0.887. The highest BCUT2D eigenvalue weighted by atomic mass is 16.5. The van der Waals surface area contributed by atoms with Crippen molar-refractivity contribution in [1.29, 1.82) is 0 Å². The molecule has 0 saturated heterocycles. The Morgan fingerprint density at radius 1 is 1.39 bits per heavy atom. The van der Waals surface area contributed by atoms with E-state index < -0.39 is 6.10 Å². The summed E-state index contributed by atoms with van der Waals surface area (Å²) in [6.07, 6.45) is 0.219. The van der Waals surface area contributed by atoms with E-state index in [2.05, 4.69) is 0 Å². The Morgan fingerprint density at radius 2 is 2.06 bits per heavy atom. The van der Waals surface area contributed by atoms with Crippen LogP contribution < -0.4 is 4.74 Å². The van der Waals surface area contributed by atoms with Gasteiger partial charge in [0.25, 0.3) is 0 Å². The van der Waals surface area contributed by atoms with Gasteiger partial charge in [-0.3, -0.25) is 4.79 Å². The number of methoxy groups -OCH3 is 1. The number of carbonyl (C=O) groups is 1. The molecule has 18 heavy (non-hydrogen) atoms. The highest BCUT2D eigenvalue weighted by Crippen LogP contribution is 2.25. The van der Waals surface area contributed by atoms with Crippen molar-refractivity contribution >= 4 is 5.78 Å². The summed E-state index contributed by atoms with van der Waals surface area (Å²) < 4.78 is 5.11. The monoisotopic (exact) mass is 250 g/mol. The topological polar surface area (TPSA) is 46.5 Å². The van der Waals surface area contributed by atoms with E-state index in [9.17, 15) is 9.90 Å². The lowest BCUT2D eigenvalue weighted by molar-refractivity contribution is -0.126. The van der Waals surface area contributed by atoms with E-state index >= 15 is 0 Å². The van der Waals surface area contributed by atoms with E-state index in [0.29, 0.717) is 18.6 Å². The van der Waals surface area contributed by atoms with Crippen LogP contribution in [0.25, 0.3) is 0 Å². The van der Waals surface area contributed by atoms with E-state index in [1.165, 1.54) is 0 Å². The van der Waals surface area contributed by atoms with Gasteiger partial charge in [0.1, 0.15) is 11.5 Å². The largest absolute Gasteiger partial charge is 0.497 e. The van der Waals surface area contributed by atoms with Crippen LogP contribution in [0.3, 0.4) is 0 Å². The lowest BCUT2D eigenvalue weighted by Crippen LogP contribution is -2.20. The Labute approximate surface area is 109 Å². The minimum atomic E-state index is -0.619. The summed E-state index contributed by atoms with van der Waals surface area (Å²) in [5, 5.41) is 10.0. The van der Waals surface area contributed by atoms with E-state index in [-0.39, 0.29) is 11.2 Å². The number of aliphatic hydroxyl groups is 1. The highest BCUT2D eigenvalue weighted by Gasteiger charge is 2.22. The van der Waals surface area contributed by atoms with Gasteiger partial charge in [-0.15, -0.1) is 0 Å². The Hall–Kier alpha value is -1.35. The number of rotatable bonds is 5. The van der Waals surface area contributed by atoms with Crippen LogP contribution in [0.15, 0.2) is 24.3 Å². The van der Waals surface area contributed by atoms with Gasteiger partial charge in [0, 0.05) is 11.8 Å². The van der Waals surface area contributed by atoms with Gasteiger partial charge in [0.15, 0.2) is 0 Å². The van der Waals surface area contributed by atoms with Gasteiger partial charge in [-0.05, 0) is 24.1 Å². The molecule has 1 atom stereocenters. The van der Waals surface area contributed by atoms with Gasteiger partial charge in [-0.1, -0.05) is 32.9 Å². The molecular weight excluding hydrogens is 228 g/mol. The molecule has 100 valence electrons. The summed E-state index contributed by atoms with van der Waals surface area (Å²) >= 11 is 0. The second-order valence-corrected chi connectivity index (χ2v) is 5.50. The fraction of sp³-hybridized carbons (Fsp3) is 0.533. The summed E-state index contributed by atoms with van der Waals surface area (Å²) in [6.45, 7) is 5.69. The lowest BCUT2D eigenvalue weighted by Gasteiger charge is -2.18. The quantitative estimate of drug-likeness (QED) is 0.873. The predicted octanol–water partition coefficient (Wildman–Crippen LogP) is 3.12. The van der Waals surface area contributed by atoms with Crippen molar-refractivity contribution in [2.45, 2.75) is 39.7 Å². The molecule has 1 N–H and O–H groups in total. The third-order valence-electron chi connectivity index (χ3n) is 2.96. The Morgan fingerprint density at radius 3 is 2.61 bits per heavy atom. The zero-order valence-corrected chi connectivity index (χ0v) is 11.6. The fourth-order valence-electron chi connectivity index (χ4n) is 1.66. The lowest BCUT2D eigenvalue weighted by atomic mass is 9.87. The number of ketones is 1. The van der Waals surface area contributed by atoms with E-state index in [1.807, 2.05) is 39.0 Å². The van der Waals surface area contributed by atoms with Crippen molar-refractivity contribution in [2.24, 2.45) is 5.41 Å². The minimum Gasteiger partial charge on any atom is -0.497 e. The summed E-state index contributed by atoms with van der Waals surface area (Å²) in [5.41, 5.74) is 0.449. The summed E-state index contributed by atoms with van der Waals surface area (Å²) in [4.78, 5) is 11.8. The van der Waals surface area contributed by atoms with Crippen LogP contribution in [0.2, 0.25) is 0 Å². The number of hydrogen-bond donors (Lipinski definition) is 1. The molecule has 0 aliphatic carbocycles. The molecule has 1 aromatic carbocycles. The molecule has 0 amide bonds. The summed E-state index contributed by atoms with van der Waals surface area (Å²) in [6, 6.07) is 7.31. The second kappa shape index (κ2) is 6.01. The molecule has 0 spiro atoms. The first kappa shape index (κ1) is 14.7. The Balaban J connectivity index is 2.60. The number of aliphatic hydroxyl groups excluding tert-OH is 1. The maximum Gasteiger partial charge on any atom is 0.138 e. The highest BCUT2D eigenvalue weighted by molar-refractivity contribution is 5.83. The first-order valence-corrected chi connectivity index (χ1v) is 6.20. The third-order valence-corrected chi connectivity index (χ3v) is 2.96. The maximum absolute atomic E-state index is 11.8. The smallest absolute Gasteiger partial charge is 0.138 e. The van der Waals surface area contributed by atoms with E-state index in [0.717, 1.165) is 5.56 Å². The van der Waals surface area contributed by atoms with E-state index in [1.54, 1.807) is 13.2 Å². The first-order chi connectivity index (χ1) is 8.34. The van der Waals surface area contributed by atoms with Crippen LogP contribution in [-0.2, 0) is 4.79 Å². The molecule has 0 aromatic heterocycles. The molecule has 3 nitrogen and oxygen atoms in total. The number of hydrogen-bond acceptors (Lipinski definition) is 3. The van der Waals surface area contributed by atoms with Crippen molar-refractivity contribution < 1.29 is 14.6 Å². The normalized spacial score (nSPS) is 13.2. The van der Waals surface area contributed by atoms with Gasteiger partial charge in [0.05, 0.1) is 13.2 Å². The Kier molecular flexibility index (Phi) is 4.91. The molecular formula is C15H22O3. The van der Waals surface area contributed by atoms with Crippen LogP contribution in [0.4, 0.5) is 0 Å². The molecule has 0 saturated carbocycles. The molecule has 0 radical (unpaired) electrons. The molecule has 0 aliphatic rings. The van der Waals surface area contributed by atoms with Crippen molar-refractivity contribution in [3.63, 3.8) is 0 Å². The third kappa shape index (κ3) is 4.15. The molecule has 0 aliphatic heterocycles. The number of carbonyl (C=O) groups excluding carboxylic acids is 1. The van der Waals surface area contributed by atoms with Gasteiger partial charge in [0.2, 0.25) is 0 Å². The molecule has 1 unspecified atom stereocenters. The average Bonchev–Trinajstić information content (AvgIpc) is 2.34. The van der Waals surface area contributed by atoms with Crippen molar-refractivity contribution in [3.05, 3.63) is 29.8 Å². The zero-order valence-electron chi connectivity index (χ0n) is 11.6. The molecule has 1 aromatic rings. The number of ether oxygens (including phenoxy) is 1. The van der Waals surface area contributed by atoms with Gasteiger partial charge in [-0.25, -0.2) is 0 Å². The average molecular weight is 250 g/mol. The second-order valence-electron chi connectivity index (χ2n) is 5.50. The van der Waals surface area contributed by atoms with Crippen molar-refractivity contribution in [2.75, 3.05) is 7.11 Å². The molecule has 0 fully saturated rings. The van der Waals surface area contributed by atoms with Crippen LogP contribution in [0, 0.1) is 5.41 Å². The zero-order chi connectivity index (χ0) is 13.8. The van der Waals surface area contributed by atoms with Crippen molar-refractivity contribution in [3.8, 4) is 5.75 Å². The van der Waals surface area contributed by atoms with Crippen LogP contribution >= 0.6 is 0 Å². The molecule has 1 rings (SSSR count). The molecule has 0 heterocycles. The van der Waals surface area contributed by atoms with Gasteiger partial charge < -0.3 is 9.84 Å². The van der Waals surface area contributed by atoms with Crippen LogP contribution in [-0.4, -0.2) is 18.0 Å². The van der Waals surface area contributed by atoms with Crippen molar-refractivity contribution in [1.82, 2.24) is 0 Å². The molecule has 0 bridgehead atoms. The fourth-order valence-corrected chi connectivity index (χ4v) is 1.66.